The van der Waals surface area contributed by atoms with Crippen molar-refractivity contribution in [3.05, 3.63) is 30.1 Å². The van der Waals surface area contributed by atoms with Crippen LogP contribution in [0.25, 0.3) is 11.0 Å². The lowest BCUT2D eigenvalue weighted by Gasteiger charge is -2.04. The Kier molecular flexibility index (Phi) is 14.5. The lowest BCUT2D eigenvalue weighted by molar-refractivity contribution is 0.523. The van der Waals surface area contributed by atoms with Gasteiger partial charge in [0.1, 0.15) is 5.82 Å². The summed E-state index contributed by atoms with van der Waals surface area (Å²) in [6.45, 7) is 2.30. The summed E-state index contributed by atoms with van der Waals surface area (Å²) in [6.07, 6.45) is 28.3. The highest BCUT2D eigenvalue weighted by Crippen LogP contribution is 2.16. The molecule has 170 valence electrons. The Morgan fingerprint density at radius 2 is 1.00 bits per heavy atom. The summed E-state index contributed by atoms with van der Waals surface area (Å²) in [4.78, 5) is 8.12. The maximum Gasteiger partial charge on any atom is 0.107 e. The van der Waals surface area contributed by atoms with Crippen molar-refractivity contribution in [1.82, 2.24) is 9.97 Å². The molecule has 0 spiro atoms. The maximum atomic E-state index is 4.67. The minimum absolute atomic E-state index is 1.09. The molecule has 1 aromatic carbocycles. The standard InChI is InChI=1S/C28H48N2/c1-2-3-4-5-6-7-8-9-10-11-12-13-14-15-16-17-18-19-20-25-28-29-26-23-21-22-24-27(26)30-28/h21-24H,2-20,25H2,1H3,(H,29,30). The van der Waals surface area contributed by atoms with Crippen LogP contribution in [0.15, 0.2) is 24.3 Å². The van der Waals surface area contributed by atoms with Gasteiger partial charge in [-0.15, -0.1) is 0 Å². The summed E-state index contributed by atoms with van der Waals surface area (Å²) in [5, 5.41) is 0. The summed E-state index contributed by atoms with van der Waals surface area (Å²) in [7, 11) is 0. The van der Waals surface area contributed by atoms with E-state index in [0.717, 1.165) is 17.8 Å². The van der Waals surface area contributed by atoms with Gasteiger partial charge in [-0.1, -0.05) is 135 Å². The van der Waals surface area contributed by atoms with Crippen LogP contribution in [0, 0.1) is 0 Å². The fourth-order valence-corrected chi connectivity index (χ4v) is 4.49. The number of hydrogen-bond donors (Lipinski definition) is 1. The number of imidazole rings is 1. The number of rotatable bonds is 20. The van der Waals surface area contributed by atoms with Crippen LogP contribution in [-0.4, -0.2) is 9.97 Å². The molecule has 0 aliphatic rings. The molecular formula is C28H48N2. The lowest BCUT2D eigenvalue weighted by Crippen LogP contribution is -1.89. The molecule has 0 saturated carbocycles. The fourth-order valence-electron chi connectivity index (χ4n) is 4.49. The molecule has 0 radical (unpaired) electrons. The van der Waals surface area contributed by atoms with E-state index >= 15 is 0 Å². The third-order valence-corrected chi connectivity index (χ3v) is 6.46. The van der Waals surface area contributed by atoms with Crippen LogP contribution in [0.3, 0.4) is 0 Å². The molecule has 30 heavy (non-hydrogen) atoms. The molecule has 2 aromatic rings. The first-order valence-corrected chi connectivity index (χ1v) is 13.3. The third-order valence-electron chi connectivity index (χ3n) is 6.46. The molecule has 1 heterocycles. The van der Waals surface area contributed by atoms with Crippen LogP contribution < -0.4 is 0 Å². The highest BCUT2D eigenvalue weighted by atomic mass is 14.9. The van der Waals surface area contributed by atoms with Gasteiger partial charge < -0.3 is 4.98 Å². The molecule has 0 amide bonds. The van der Waals surface area contributed by atoms with Gasteiger partial charge in [0.15, 0.2) is 0 Å². The van der Waals surface area contributed by atoms with Crippen LogP contribution >= 0.6 is 0 Å². The molecule has 1 N–H and O–H groups in total. The van der Waals surface area contributed by atoms with E-state index in [0.29, 0.717) is 0 Å². The van der Waals surface area contributed by atoms with Gasteiger partial charge in [-0.3, -0.25) is 0 Å². The largest absolute Gasteiger partial charge is 0.342 e. The lowest BCUT2D eigenvalue weighted by atomic mass is 10.0. The van der Waals surface area contributed by atoms with Crippen molar-refractivity contribution in [3.63, 3.8) is 0 Å². The van der Waals surface area contributed by atoms with Gasteiger partial charge in [-0.25, -0.2) is 4.98 Å². The van der Waals surface area contributed by atoms with Gasteiger partial charge in [0.2, 0.25) is 0 Å². The second-order valence-electron chi connectivity index (χ2n) is 9.31. The first kappa shape index (κ1) is 25.0. The zero-order valence-electron chi connectivity index (χ0n) is 19.9. The Morgan fingerprint density at radius 3 is 1.47 bits per heavy atom. The van der Waals surface area contributed by atoms with Gasteiger partial charge in [0.25, 0.3) is 0 Å². The normalized spacial score (nSPS) is 11.5. The van der Waals surface area contributed by atoms with E-state index in [4.69, 9.17) is 0 Å². The molecule has 2 rings (SSSR count). The Balaban J connectivity index is 1.27. The fraction of sp³-hybridized carbons (Fsp3) is 0.750. The first-order valence-electron chi connectivity index (χ1n) is 13.3. The van der Waals surface area contributed by atoms with Crippen molar-refractivity contribution < 1.29 is 0 Å². The molecule has 0 atom stereocenters. The van der Waals surface area contributed by atoms with Crippen LogP contribution in [0.4, 0.5) is 0 Å². The van der Waals surface area contributed by atoms with E-state index in [1.165, 1.54) is 128 Å². The summed E-state index contributed by atoms with van der Waals surface area (Å²) < 4.78 is 0. The Bertz CT molecular complexity index is 597. The summed E-state index contributed by atoms with van der Waals surface area (Å²) >= 11 is 0. The van der Waals surface area contributed by atoms with E-state index < -0.39 is 0 Å². The highest BCUT2D eigenvalue weighted by Gasteiger charge is 2.01. The van der Waals surface area contributed by atoms with Gasteiger partial charge in [0.05, 0.1) is 11.0 Å². The van der Waals surface area contributed by atoms with Gasteiger partial charge in [-0.05, 0) is 18.6 Å². The van der Waals surface area contributed by atoms with E-state index in [1.807, 2.05) is 0 Å². The molecule has 0 unspecified atom stereocenters. The Hall–Kier alpha value is -1.31. The molecule has 0 bridgehead atoms. The number of unbranched alkanes of at least 4 members (excludes halogenated alkanes) is 18. The second kappa shape index (κ2) is 17.4. The summed E-state index contributed by atoms with van der Waals surface area (Å²) in [5.74, 6) is 1.16. The number of aryl methyl sites for hydroxylation is 1. The molecule has 2 heteroatoms. The molecule has 1 aromatic heterocycles. The van der Waals surface area contributed by atoms with Crippen molar-refractivity contribution in [2.75, 3.05) is 0 Å². The van der Waals surface area contributed by atoms with E-state index in [1.54, 1.807) is 0 Å². The summed E-state index contributed by atoms with van der Waals surface area (Å²) in [5.41, 5.74) is 2.27. The average Bonchev–Trinajstić information content (AvgIpc) is 3.18. The van der Waals surface area contributed by atoms with Crippen LogP contribution in [0.2, 0.25) is 0 Å². The predicted molar refractivity (Wildman–Crippen MR) is 133 cm³/mol. The van der Waals surface area contributed by atoms with Gasteiger partial charge in [0, 0.05) is 6.42 Å². The number of aromatic amines is 1. The second-order valence-corrected chi connectivity index (χ2v) is 9.31. The highest BCUT2D eigenvalue weighted by molar-refractivity contribution is 5.74. The number of para-hydroxylation sites is 2. The van der Waals surface area contributed by atoms with Crippen molar-refractivity contribution in [1.29, 1.82) is 0 Å². The van der Waals surface area contributed by atoms with Crippen LogP contribution in [-0.2, 0) is 6.42 Å². The molecule has 0 aliphatic carbocycles. The molecule has 0 fully saturated rings. The minimum atomic E-state index is 1.09. The summed E-state index contributed by atoms with van der Waals surface area (Å²) in [6, 6.07) is 8.33. The zero-order chi connectivity index (χ0) is 21.1. The molecule has 2 nitrogen and oxygen atoms in total. The van der Waals surface area contributed by atoms with E-state index in [-0.39, 0.29) is 0 Å². The van der Waals surface area contributed by atoms with E-state index in [9.17, 15) is 0 Å². The van der Waals surface area contributed by atoms with Gasteiger partial charge >= 0.3 is 0 Å². The Labute approximate surface area is 186 Å². The first-order chi connectivity index (χ1) is 14.9. The maximum absolute atomic E-state index is 4.67. The van der Waals surface area contributed by atoms with Gasteiger partial charge in [-0.2, -0.15) is 0 Å². The molecule has 0 aliphatic heterocycles. The minimum Gasteiger partial charge on any atom is -0.342 e. The number of nitrogens with one attached hydrogen (secondary N) is 1. The van der Waals surface area contributed by atoms with Crippen molar-refractivity contribution in [3.8, 4) is 0 Å². The predicted octanol–water partition coefficient (Wildman–Crippen LogP) is 9.54. The molecule has 0 saturated heterocycles. The number of hydrogen-bond acceptors (Lipinski definition) is 1. The number of fused-ring (bicyclic) bond motifs is 1. The van der Waals surface area contributed by atoms with Crippen LogP contribution in [0.1, 0.15) is 135 Å². The smallest absolute Gasteiger partial charge is 0.107 e. The van der Waals surface area contributed by atoms with Crippen molar-refractivity contribution >= 4 is 11.0 Å². The SMILES string of the molecule is CCCCCCCCCCCCCCCCCCCCCc1nc2ccccc2[nH]1. The monoisotopic (exact) mass is 412 g/mol. The third kappa shape index (κ3) is 11.8. The average molecular weight is 413 g/mol. The van der Waals surface area contributed by atoms with Crippen molar-refractivity contribution in [2.45, 2.75) is 135 Å². The Morgan fingerprint density at radius 1 is 0.567 bits per heavy atom. The van der Waals surface area contributed by atoms with E-state index in [2.05, 4.69) is 41.2 Å². The zero-order valence-corrected chi connectivity index (χ0v) is 19.9. The topological polar surface area (TPSA) is 28.7 Å². The molecular weight excluding hydrogens is 364 g/mol. The number of nitrogens with zero attached hydrogens (tertiary/aromatic N) is 1. The van der Waals surface area contributed by atoms with Crippen molar-refractivity contribution in [2.24, 2.45) is 0 Å². The number of aromatic nitrogens is 2. The quantitative estimate of drug-likeness (QED) is 0.215. The number of benzene rings is 1. The number of H-pyrrole nitrogens is 1. The van der Waals surface area contributed by atoms with Crippen LogP contribution in [0.5, 0.6) is 0 Å².